The predicted molar refractivity (Wildman–Crippen MR) is 22.8 cm³/mol. The van der Waals surface area contributed by atoms with E-state index in [-0.39, 0.29) is 19.5 Å². The van der Waals surface area contributed by atoms with Crippen LogP contribution in [0.3, 0.4) is 0 Å². The first-order valence-corrected chi connectivity index (χ1v) is 2.32. The summed E-state index contributed by atoms with van der Waals surface area (Å²) in [5, 5.41) is 0. The Labute approximate surface area is 52.1 Å². The fourth-order valence-electron chi connectivity index (χ4n) is 0.722. The summed E-state index contributed by atoms with van der Waals surface area (Å²) >= 11 is 0. The molecule has 0 bridgehead atoms. The smallest absolute Gasteiger partial charge is 0 e. The monoisotopic (exact) mass is 133 g/mol. The van der Waals surface area contributed by atoms with Crippen LogP contribution in [-0.4, -0.2) is 0 Å². The van der Waals surface area contributed by atoms with Crippen molar-refractivity contribution >= 4 is 0 Å². The molecule has 1 heteroatoms. The van der Waals surface area contributed by atoms with E-state index in [1.165, 1.54) is 25.7 Å². The maximum Gasteiger partial charge on any atom is 0 e. The van der Waals surface area contributed by atoms with Crippen molar-refractivity contribution in [3.63, 3.8) is 0 Å². The van der Waals surface area contributed by atoms with Crippen LogP contribution in [0.4, 0.5) is 0 Å². The van der Waals surface area contributed by atoms with Crippen molar-refractivity contribution in [1.82, 2.24) is 0 Å². The fourth-order valence-corrected chi connectivity index (χ4v) is 0.722. The number of hydrogen-bond acceptors (Lipinski definition) is 0. The van der Waals surface area contributed by atoms with E-state index >= 15 is 0 Å². The van der Waals surface area contributed by atoms with Crippen molar-refractivity contribution in [3.8, 4) is 0 Å². The zero-order valence-electron chi connectivity index (χ0n) is 4.11. The van der Waals surface area contributed by atoms with Gasteiger partial charge in [-0.25, -0.2) is 0 Å². The summed E-state index contributed by atoms with van der Waals surface area (Å²) < 4.78 is 0. The molecule has 0 amide bonds. The Balaban J connectivity index is 0.000000250. The summed E-state index contributed by atoms with van der Waals surface area (Å²) in [4.78, 5) is 0. The molecule has 0 unspecified atom stereocenters. The van der Waals surface area contributed by atoms with E-state index in [0.29, 0.717) is 0 Å². The van der Waals surface area contributed by atoms with Gasteiger partial charge >= 0.3 is 0 Å². The molecule has 0 aromatic heterocycles. The summed E-state index contributed by atoms with van der Waals surface area (Å²) in [6.07, 6.45) is 8.00. The van der Waals surface area contributed by atoms with Gasteiger partial charge in [0.25, 0.3) is 0 Å². The molecule has 1 rings (SSSR count). The zero-order chi connectivity index (χ0) is 3.54. The van der Waals surface area contributed by atoms with E-state index in [4.69, 9.17) is 0 Å². The maximum atomic E-state index is 2.36. The molecular formula is C5H9Zn-. The molecular weight excluding hydrogens is 125 g/mol. The van der Waals surface area contributed by atoms with Crippen molar-refractivity contribution in [2.45, 2.75) is 25.7 Å². The quantitative estimate of drug-likeness (QED) is 0.350. The third-order valence-electron chi connectivity index (χ3n) is 1.07. The zero-order valence-corrected chi connectivity index (χ0v) is 7.08. The number of hydrogen-bond donors (Lipinski definition) is 0. The third-order valence-corrected chi connectivity index (χ3v) is 1.07. The Morgan fingerprint density at radius 1 is 1.00 bits per heavy atom. The first kappa shape index (κ1) is 6.62. The van der Waals surface area contributed by atoms with Crippen molar-refractivity contribution < 1.29 is 19.5 Å². The average molecular weight is 135 g/mol. The second kappa shape index (κ2) is 3.80. The Hall–Kier alpha value is 0.623. The minimum absolute atomic E-state index is 0. The van der Waals surface area contributed by atoms with Crippen LogP contribution in [0.15, 0.2) is 0 Å². The summed E-state index contributed by atoms with van der Waals surface area (Å²) in [5.41, 5.74) is 0. The molecule has 0 aliphatic heterocycles. The fraction of sp³-hybridized carbons (Fsp3) is 0.800. The van der Waals surface area contributed by atoms with Crippen molar-refractivity contribution in [3.05, 3.63) is 6.42 Å². The van der Waals surface area contributed by atoms with Crippen LogP contribution in [0.2, 0.25) is 0 Å². The molecule has 0 heterocycles. The van der Waals surface area contributed by atoms with Crippen molar-refractivity contribution in [2.75, 3.05) is 0 Å². The van der Waals surface area contributed by atoms with Crippen LogP contribution >= 0.6 is 0 Å². The third kappa shape index (κ3) is 1.92. The Kier molecular flexibility index (Phi) is 4.20. The second-order valence-electron chi connectivity index (χ2n) is 1.57. The minimum atomic E-state index is 0. The predicted octanol–water partition coefficient (Wildman–Crippen LogP) is 1.76. The second-order valence-corrected chi connectivity index (χ2v) is 1.57. The van der Waals surface area contributed by atoms with E-state index < -0.39 is 0 Å². The van der Waals surface area contributed by atoms with Gasteiger partial charge in [0.2, 0.25) is 0 Å². The molecule has 0 nitrogen and oxygen atoms in total. The summed E-state index contributed by atoms with van der Waals surface area (Å²) in [6.45, 7) is 0. The van der Waals surface area contributed by atoms with Gasteiger partial charge in [0, 0.05) is 19.5 Å². The van der Waals surface area contributed by atoms with Crippen molar-refractivity contribution in [2.24, 2.45) is 0 Å². The summed E-state index contributed by atoms with van der Waals surface area (Å²) in [5.74, 6) is 0. The topological polar surface area (TPSA) is 0 Å². The van der Waals surface area contributed by atoms with Gasteiger partial charge in [-0.1, -0.05) is 12.8 Å². The standard InChI is InChI=1S/C5H9.Zn/c1-2-4-5-3-1;/h1H,2-5H2;/q-1;. The first-order valence-electron chi connectivity index (χ1n) is 2.32. The van der Waals surface area contributed by atoms with Gasteiger partial charge in [-0.2, -0.15) is 12.8 Å². The minimum Gasteiger partial charge on any atom is -0.328 e. The van der Waals surface area contributed by atoms with Gasteiger partial charge in [-0.05, 0) is 0 Å². The number of rotatable bonds is 0. The van der Waals surface area contributed by atoms with E-state index in [1.54, 1.807) is 0 Å². The molecule has 0 aromatic rings. The maximum absolute atomic E-state index is 2.36. The van der Waals surface area contributed by atoms with Gasteiger partial charge in [0.15, 0.2) is 0 Å². The van der Waals surface area contributed by atoms with Crippen LogP contribution in [0.1, 0.15) is 25.7 Å². The molecule has 1 aliphatic carbocycles. The van der Waals surface area contributed by atoms with Crippen LogP contribution in [0.25, 0.3) is 0 Å². The van der Waals surface area contributed by atoms with Gasteiger partial charge < -0.3 is 6.42 Å². The summed E-state index contributed by atoms with van der Waals surface area (Å²) in [7, 11) is 0. The first-order chi connectivity index (χ1) is 2.50. The van der Waals surface area contributed by atoms with Gasteiger partial charge in [-0.3, -0.25) is 0 Å². The van der Waals surface area contributed by atoms with E-state index in [1.807, 2.05) is 0 Å². The molecule has 1 fully saturated rings. The van der Waals surface area contributed by atoms with Crippen LogP contribution in [-0.2, 0) is 19.5 Å². The van der Waals surface area contributed by atoms with Gasteiger partial charge in [0.05, 0.1) is 0 Å². The van der Waals surface area contributed by atoms with Gasteiger partial charge in [-0.15, -0.1) is 0 Å². The Bertz CT molecular complexity index is 15.5. The van der Waals surface area contributed by atoms with Crippen molar-refractivity contribution in [1.29, 1.82) is 0 Å². The van der Waals surface area contributed by atoms with Crippen LogP contribution < -0.4 is 0 Å². The van der Waals surface area contributed by atoms with E-state index in [0.717, 1.165) is 0 Å². The molecule has 0 N–H and O–H groups in total. The molecule has 1 saturated carbocycles. The Morgan fingerprint density at radius 2 is 1.50 bits per heavy atom. The normalized spacial score (nSPS) is 20.0. The molecule has 0 radical (unpaired) electrons. The molecule has 1 aliphatic rings. The molecule has 0 aromatic carbocycles. The van der Waals surface area contributed by atoms with E-state index in [2.05, 4.69) is 6.42 Å². The molecule has 0 saturated heterocycles. The van der Waals surface area contributed by atoms with Crippen LogP contribution in [0, 0.1) is 6.42 Å². The van der Waals surface area contributed by atoms with Gasteiger partial charge in [0.1, 0.15) is 0 Å². The molecule has 0 spiro atoms. The largest absolute Gasteiger partial charge is 0.328 e. The average Bonchev–Trinajstić information content (AvgIpc) is 1.76. The summed E-state index contributed by atoms with van der Waals surface area (Å²) in [6, 6.07) is 0. The SMILES string of the molecule is [CH-]1CCCC1.[Zn]. The molecule has 32 valence electrons. The Morgan fingerprint density at radius 3 is 1.67 bits per heavy atom. The molecule has 6 heavy (non-hydrogen) atoms. The molecule has 0 atom stereocenters. The van der Waals surface area contributed by atoms with Crippen LogP contribution in [0.5, 0.6) is 0 Å². The van der Waals surface area contributed by atoms with E-state index in [9.17, 15) is 0 Å².